The normalized spacial score (nSPS) is 19.3. The highest BCUT2D eigenvalue weighted by Crippen LogP contribution is 2.44. The topological polar surface area (TPSA) is 84.7 Å². The van der Waals surface area contributed by atoms with Crippen LogP contribution < -0.4 is 10.1 Å². The molecule has 3 rings (SSSR count). The predicted octanol–water partition coefficient (Wildman–Crippen LogP) is 2.32. The minimum absolute atomic E-state index is 0.00925. The van der Waals surface area contributed by atoms with Crippen molar-refractivity contribution < 1.29 is 14.5 Å². The SMILES string of the molecule is CNCC1=C(N2CCCC2=O)c2cc([N+](=O)[O-])ccc2OC1(C)C. The summed E-state index contributed by atoms with van der Waals surface area (Å²) >= 11 is 0. The van der Waals surface area contributed by atoms with E-state index in [0.29, 0.717) is 30.8 Å². The lowest BCUT2D eigenvalue weighted by Gasteiger charge is -2.39. The van der Waals surface area contributed by atoms with Crippen molar-refractivity contribution in [3.63, 3.8) is 0 Å². The zero-order valence-corrected chi connectivity index (χ0v) is 14.1. The number of rotatable bonds is 4. The minimum atomic E-state index is -0.607. The summed E-state index contributed by atoms with van der Waals surface area (Å²) in [6.07, 6.45) is 1.29. The average molecular weight is 331 g/mol. The summed E-state index contributed by atoms with van der Waals surface area (Å²) in [4.78, 5) is 24.8. The number of amides is 1. The van der Waals surface area contributed by atoms with Gasteiger partial charge in [0.1, 0.15) is 11.4 Å². The number of nitrogens with zero attached hydrogens (tertiary/aromatic N) is 2. The number of non-ortho nitro benzene ring substituents is 1. The first-order valence-electron chi connectivity index (χ1n) is 8.01. The summed E-state index contributed by atoms with van der Waals surface area (Å²) in [5, 5.41) is 14.3. The highest BCUT2D eigenvalue weighted by atomic mass is 16.6. The van der Waals surface area contributed by atoms with E-state index in [9.17, 15) is 14.9 Å². The minimum Gasteiger partial charge on any atom is -0.483 e. The Bertz CT molecular complexity index is 739. The van der Waals surface area contributed by atoms with Gasteiger partial charge in [0, 0.05) is 42.8 Å². The van der Waals surface area contributed by atoms with E-state index in [4.69, 9.17) is 4.74 Å². The fourth-order valence-corrected chi connectivity index (χ4v) is 3.36. The lowest BCUT2D eigenvalue weighted by atomic mass is 9.88. The zero-order valence-electron chi connectivity index (χ0n) is 14.1. The number of hydrogen-bond acceptors (Lipinski definition) is 5. The summed E-state index contributed by atoms with van der Waals surface area (Å²) in [6.45, 7) is 5.06. The Labute approximate surface area is 140 Å². The van der Waals surface area contributed by atoms with Crippen LogP contribution in [0.4, 0.5) is 5.69 Å². The van der Waals surface area contributed by atoms with E-state index in [-0.39, 0.29) is 11.6 Å². The van der Waals surface area contributed by atoms with Gasteiger partial charge in [-0.25, -0.2) is 0 Å². The molecule has 0 spiro atoms. The molecule has 1 saturated heterocycles. The molecule has 0 unspecified atom stereocenters. The number of likely N-dealkylation sites (N-methyl/N-ethyl adjacent to an activating group) is 1. The molecule has 0 radical (unpaired) electrons. The maximum atomic E-state index is 12.4. The molecular formula is C17H21N3O4. The number of carbonyl (C=O) groups excluding carboxylic acids is 1. The molecule has 128 valence electrons. The van der Waals surface area contributed by atoms with Crippen molar-refractivity contribution in [2.45, 2.75) is 32.3 Å². The first-order chi connectivity index (χ1) is 11.3. The first-order valence-corrected chi connectivity index (χ1v) is 8.01. The van der Waals surface area contributed by atoms with Crippen LogP contribution in [0.1, 0.15) is 32.3 Å². The van der Waals surface area contributed by atoms with Gasteiger partial charge in [0.25, 0.3) is 5.69 Å². The van der Waals surface area contributed by atoms with Crippen LogP contribution in [0.2, 0.25) is 0 Å². The molecule has 0 saturated carbocycles. The molecule has 0 bridgehead atoms. The zero-order chi connectivity index (χ0) is 17.5. The van der Waals surface area contributed by atoms with Crippen molar-refractivity contribution in [1.82, 2.24) is 10.2 Å². The highest BCUT2D eigenvalue weighted by Gasteiger charge is 2.39. The summed E-state index contributed by atoms with van der Waals surface area (Å²) in [6, 6.07) is 4.55. The lowest BCUT2D eigenvalue weighted by Crippen LogP contribution is -2.42. The van der Waals surface area contributed by atoms with Crippen molar-refractivity contribution >= 4 is 17.3 Å². The Morgan fingerprint density at radius 3 is 2.75 bits per heavy atom. The van der Waals surface area contributed by atoms with Gasteiger partial charge in [-0.2, -0.15) is 0 Å². The standard InChI is InChI=1S/C17H21N3O4/c1-17(2)13(10-18-3)16(19-8-4-5-15(19)21)12-9-11(20(22)23)6-7-14(12)24-17/h6-7,9,18H,4-5,8,10H2,1-3H3. The number of benzene rings is 1. The van der Waals surface area contributed by atoms with E-state index in [2.05, 4.69) is 5.32 Å². The predicted molar refractivity (Wildman–Crippen MR) is 89.6 cm³/mol. The van der Waals surface area contributed by atoms with Crippen LogP contribution in [-0.2, 0) is 4.79 Å². The summed E-state index contributed by atoms with van der Waals surface area (Å²) in [5.41, 5.74) is 1.67. The van der Waals surface area contributed by atoms with Crippen LogP contribution in [-0.4, -0.2) is 41.5 Å². The maximum absolute atomic E-state index is 12.4. The van der Waals surface area contributed by atoms with Gasteiger partial charge >= 0.3 is 0 Å². The Kier molecular flexibility index (Phi) is 4.04. The average Bonchev–Trinajstić information content (AvgIpc) is 2.93. The molecule has 2 aliphatic heterocycles. The van der Waals surface area contributed by atoms with E-state index >= 15 is 0 Å². The van der Waals surface area contributed by atoms with Crippen LogP contribution >= 0.6 is 0 Å². The molecule has 1 N–H and O–H groups in total. The van der Waals surface area contributed by atoms with Crippen molar-refractivity contribution in [3.05, 3.63) is 39.4 Å². The first kappa shape index (κ1) is 16.4. The second-order valence-corrected chi connectivity index (χ2v) is 6.56. The van der Waals surface area contributed by atoms with Gasteiger partial charge < -0.3 is 15.0 Å². The molecule has 1 amide bonds. The van der Waals surface area contributed by atoms with E-state index in [1.807, 2.05) is 20.9 Å². The number of carbonyl (C=O) groups is 1. The molecule has 1 aromatic rings. The van der Waals surface area contributed by atoms with Crippen LogP contribution in [0, 0.1) is 10.1 Å². The van der Waals surface area contributed by atoms with Gasteiger partial charge in [-0.1, -0.05) is 0 Å². The van der Waals surface area contributed by atoms with Crippen molar-refractivity contribution in [2.24, 2.45) is 0 Å². The van der Waals surface area contributed by atoms with E-state index in [1.54, 1.807) is 11.0 Å². The number of hydrogen-bond donors (Lipinski definition) is 1. The second-order valence-electron chi connectivity index (χ2n) is 6.56. The molecule has 7 nitrogen and oxygen atoms in total. The fourth-order valence-electron chi connectivity index (χ4n) is 3.36. The van der Waals surface area contributed by atoms with Crippen LogP contribution in [0.5, 0.6) is 5.75 Å². The number of fused-ring (bicyclic) bond motifs is 1. The Hall–Kier alpha value is -2.41. The maximum Gasteiger partial charge on any atom is 0.270 e. The molecule has 0 atom stereocenters. The third-order valence-corrected chi connectivity index (χ3v) is 4.50. The van der Waals surface area contributed by atoms with Crippen molar-refractivity contribution in [1.29, 1.82) is 0 Å². The van der Waals surface area contributed by atoms with Gasteiger partial charge in [0.15, 0.2) is 0 Å². The van der Waals surface area contributed by atoms with Crippen molar-refractivity contribution in [2.75, 3.05) is 20.1 Å². The van der Waals surface area contributed by atoms with E-state index < -0.39 is 10.5 Å². The number of nitro groups is 1. The van der Waals surface area contributed by atoms with E-state index in [0.717, 1.165) is 17.7 Å². The molecule has 0 aromatic heterocycles. The van der Waals surface area contributed by atoms with Crippen molar-refractivity contribution in [3.8, 4) is 5.75 Å². The smallest absolute Gasteiger partial charge is 0.270 e. The van der Waals surface area contributed by atoms with Gasteiger partial charge in [0.05, 0.1) is 10.6 Å². The Morgan fingerprint density at radius 2 is 2.17 bits per heavy atom. The summed E-state index contributed by atoms with van der Waals surface area (Å²) < 4.78 is 6.09. The van der Waals surface area contributed by atoms with Crippen LogP contribution in [0.15, 0.2) is 23.8 Å². The summed E-state index contributed by atoms with van der Waals surface area (Å²) in [7, 11) is 1.83. The van der Waals surface area contributed by atoms with Crippen LogP contribution in [0.25, 0.3) is 5.70 Å². The third kappa shape index (κ3) is 2.65. The van der Waals surface area contributed by atoms with Crippen LogP contribution in [0.3, 0.4) is 0 Å². The van der Waals surface area contributed by atoms with Gasteiger partial charge in [0.2, 0.25) is 5.91 Å². The van der Waals surface area contributed by atoms with Gasteiger partial charge in [-0.3, -0.25) is 14.9 Å². The Morgan fingerprint density at radius 1 is 1.42 bits per heavy atom. The molecule has 0 aliphatic carbocycles. The highest BCUT2D eigenvalue weighted by molar-refractivity contribution is 5.92. The molecule has 7 heteroatoms. The molecule has 24 heavy (non-hydrogen) atoms. The molecule has 1 fully saturated rings. The third-order valence-electron chi connectivity index (χ3n) is 4.50. The molecular weight excluding hydrogens is 310 g/mol. The second kappa shape index (κ2) is 5.90. The number of nitro benzene ring substituents is 1. The fraction of sp³-hybridized carbons (Fsp3) is 0.471. The van der Waals surface area contributed by atoms with Gasteiger partial charge in [-0.15, -0.1) is 0 Å². The molecule has 2 aliphatic rings. The van der Waals surface area contributed by atoms with Gasteiger partial charge in [-0.05, 0) is 33.4 Å². The number of likely N-dealkylation sites (tertiary alicyclic amines) is 1. The Balaban J connectivity index is 2.25. The lowest BCUT2D eigenvalue weighted by molar-refractivity contribution is -0.384. The monoisotopic (exact) mass is 331 g/mol. The molecule has 1 aromatic carbocycles. The quantitative estimate of drug-likeness (QED) is 0.676. The number of nitrogens with one attached hydrogen (secondary N) is 1. The number of ether oxygens (including phenoxy) is 1. The van der Waals surface area contributed by atoms with E-state index in [1.165, 1.54) is 12.1 Å². The summed E-state index contributed by atoms with van der Waals surface area (Å²) in [5.74, 6) is 0.619. The molecule has 2 heterocycles. The largest absolute Gasteiger partial charge is 0.483 e.